The fraction of sp³-hybridized carbons (Fsp3) is 0.526. The summed E-state index contributed by atoms with van der Waals surface area (Å²) in [6.07, 6.45) is -0.360. The lowest BCUT2D eigenvalue weighted by atomic mass is 10.00. The third-order valence-corrected chi connectivity index (χ3v) is 4.31. The highest BCUT2D eigenvalue weighted by atomic mass is 19.4. The van der Waals surface area contributed by atoms with Gasteiger partial charge in [0.25, 0.3) is 0 Å². The number of halogens is 3. The number of alkyl halides is 3. The maximum Gasteiger partial charge on any atom is 0.401 e. The first-order valence-electron chi connectivity index (χ1n) is 8.84. The maximum atomic E-state index is 12.3. The monoisotopic (exact) mass is 368 g/mol. The molecule has 0 aliphatic carbocycles. The summed E-state index contributed by atoms with van der Waals surface area (Å²) in [5.74, 6) is 0.798. The Morgan fingerprint density at radius 2 is 2.00 bits per heavy atom. The number of nitrogens with one attached hydrogen (secondary N) is 1. The molecule has 4 nitrogen and oxygen atoms in total. The molecule has 1 aromatic rings. The van der Waals surface area contributed by atoms with E-state index in [4.69, 9.17) is 0 Å². The van der Waals surface area contributed by atoms with Crippen molar-refractivity contribution in [3.8, 4) is 0 Å². The summed E-state index contributed by atoms with van der Waals surface area (Å²) in [5.41, 5.74) is 2.59. The molecule has 0 saturated carbocycles. The quantitative estimate of drug-likeness (QED) is 0.475. The van der Waals surface area contributed by atoms with Gasteiger partial charge in [0.2, 0.25) is 0 Å². The largest absolute Gasteiger partial charge is 0.401 e. The second-order valence-corrected chi connectivity index (χ2v) is 6.47. The molecule has 0 spiro atoms. The van der Waals surface area contributed by atoms with Crippen molar-refractivity contribution in [2.45, 2.75) is 19.0 Å². The maximum absolute atomic E-state index is 12.3. The minimum Gasteiger partial charge on any atom is -0.356 e. The van der Waals surface area contributed by atoms with E-state index in [2.05, 4.69) is 33.4 Å². The van der Waals surface area contributed by atoms with Crippen LogP contribution in [0.2, 0.25) is 0 Å². The molecule has 1 aromatic carbocycles. The molecule has 144 valence electrons. The molecule has 2 rings (SSSR count). The van der Waals surface area contributed by atoms with Crippen LogP contribution in [-0.2, 0) is 0 Å². The van der Waals surface area contributed by atoms with Gasteiger partial charge in [-0.3, -0.25) is 9.89 Å². The number of rotatable bonds is 6. The molecule has 7 heteroatoms. The van der Waals surface area contributed by atoms with Crippen LogP contribution in [-0.4, -0.2) is 68.8 Å². The number of benzene rings is 1. The second-order valence-electron chi connectivity index (χ2n) is 6.47. The summed E-state index contributed by atoms with van der Waals surface area (Å²) in [6, 6.07) is 10.3. The topological polar surface area (TPSA) is 30.9 Å². The van der Waals surface area contributed by atoms with Gasteiger partial charge in [-0.15, -0.1) is 0 Å². The third-order valence-electron chi connectivity index (χ3n) is 4.31. The fourth-order valence-corrected chi connectivity index (χ4v) is 3.04. The molecule has 1 aliphatic heterocycles. The highest BCUT2D eigenvalue weighted by Crippen LogP contribution is 2.22. The van der Waals surface area contributed by atoms with Crippen LogP contribution in [0.3, 0.4) is 0 Å². The fourth-order valence-electron chi connectivity index (χ4n) is 3.04. The Morgan fingerprint density at radius 1 is 1.27 bits per heavy atom. The van der Waals surface area contributed by atoms with E-state index in [0.29, 0.717) is 19.5 Å². The van der Waals surface area contributed by atoms with E-state index in [9.17, 15) is 13.2 Å². The second kappa shape index (κ2) is 9.62. The van der Waals surface area contributed by atoms with Crippen molar-refractivity contribution in [1.29, 1.82) is 0 Å². The Balaban J connectivity index is 1.75. The highest BCUT2D eigenvalue weighted by Gasteiger charge is 2.28. The van der Waals surface area contributed by atoms with E-state index in [-0.39, 0.29) is 0 Å². The SMILES string of the molecule is CN=C(NCCCN(C)CC(F)(F)F)N1CC=C(c2ccccc2)CC1. The van der Waals surface area contributed by atoms with Crippen molar-refractivity contribution >= 4 is 11.5 Å². The molecule has 0 bridgehead atoms. The van der Waals surface area contributed by atoms with Crippen LogP contribution in [0.15, 0.2) is 41.4 Å². The Morgan fingerprint density at radius 3 is 2.58 bits per heavy atom. The Bertz CT molecular complexity index is 611. The Hall–Kier alpha value is -2.02. The molecular weight excluding hydrogens is 341 g/mol. The van der Waals surface area contributed by atoms with Crippen LogP contribution in [0.4, 0.5) is 13.2 Å². The van der Waals surface area contributed by atoms with Gasteiger partial charge in [0, 0.05) is 26.7 Å². The molecule has 0 atom stereocenters. The Labute approximate surface area is 153 Å². The predicted octanol–water partition coefficient (Wildman–Crippen LogP) is 3.24. The van der Waals surface area contributed by atoms with Crippen LogP contribution in [0.5, 0.6) is 0 Å². The minimum atomic E-state index is -4.14. The molecular formula is C19H27F3N4. The number of aliphatic imine (C=N–C) groups is 1. The number of hydrogen-bond acceptors (Lipinski definition) is 2. The van der Waals surface area contributed by atoms with Gasteiger partial charge in [-0.2, -0.15) is 13.2 Å². The first kappa shape index (κ1) is 20.3. The van der Waals surface area contributed by atoms with E-state index in [0.717, 1.165) is 25.5 Å². The third kappa shape index (κ3) is 6.71. The highest BCUT2D eigenvalue weighted by molar-refractivity contribution is 5.81. The summed E-state index contributed by atoms with van der Waals surface area (Å²) in [6.45, 7) is 1.76. The molecule has 26 heavy (non-hydrogen) atoms. The zero-order chi connectivity index (χ0) is 19.0. The van der Waals surface area contributed by atoms with Crippen LogP contribution >= 0.6 is 0 Å². The molecule has 0 amide bonds. The van der Waals surface area contributed by atoms with Gasteiger partial charge in [-0.05, 0) is 37.6 Å². The average Bonchev–Trinajstić information content (AvgIpc) is 2.61. The lowest BCUT2D eigenvalue weighted by Gasteiger charge is -2.30. The van der Waals surface area contributed by atoms with E-state index in [1.54, 1.807) is 7.05 Å². The van der Waals surface area contributed by atoms with E-state index in [1.807, 2.05) is 18.2 Å². The molecule has 0 aromatic heterocycles. The lowest BCUT2D eigenvalue weighted by molar-refractivity contribution is -0.143. The van der Waals surface area contributed by atoms with Crippen LogP contribution in [0.1, 0.15) is 18.4 Å². The van der Waals surface area contributed by atoms with Gasteiger partial charge in [0.05, 0.1) is 6.54 Å². The smallest absolute Gasteiger partial charge is 0.356 e. The number of hydrogen-bond donors (Lipinski definition) is 1. The van der Waals surface area contributed by atoms with Crippen molar-refractivity contribution < 1.29 is 13.2 Å². The Kier molecular flexibility index (Phi) is 7.50. The predicted molar refractivity (Wildman–Crippen MR) is 100 cm³/mol. The van der Waals surface area contributed by atoms with Gasteiger partial charge in [0.1, 0.15) is 0 Å². The van der Waals surface area contributed by atoms with Crippen molar-refractivity contribution in [2.24, 2.45) is 4.99 Å². The van der Waals surface area contributed by atoms with Gasteiger partial charge < -0.3 is 10.2 Å². The molecule has 0 unspecified atom stereocenters. The van der Waals surface area contributed by atoms with Gasteiger partial charge in [-0.25, -0.2) is 0 Å². The first-order valence-corrected chi connectivity index (χ1v) is 8.84. The van der Waals surface area contributed by atoms with E-state index < -0.39 is 12.7 Å². The zero-order valence-electron chi connectivity index (χ0n) is 15.4. The van der Waals surface area contributed by atoms with Crippen molar-refractivity contribution in [3.05, 3.63) is 42.0 Å². The summed E-state index contributed by atoms with van der Waals surface area (Å²) < 4.78 is 36.9. The molecule has 1 aliphatic rings. The van der Waals surface area contributed by atoms with E-state index in [1.165, 1.54) is 23.1 Å². The standard InChI is InChI=1S/C19H27F3N4/c1-23-18(24-11-6-12-25(2)15-19(20,21)22)26-13-9-17(10-14-26)16-7-4-3-5-8-16/h3-5,7-9H,6,10-15H2,1-2H3,(H,23,24). The summed E-state index contributed by atoms with van der Waals surface area (Å²) in [7, 11) is 3.22. The molecule has 1 heterocycles. The van der Waals surface area contributed by atoms with Crippen molar-refractivity contribution in [3.63, 3.8) is 0 Å². The summed E-state index contributed by atoms with van der Waals surface area (Å²) >= 11 is 0. The summed E-state index contributed by atoms with van der Waals surface area (Å²) in [5, 5.41) is 3.25. The lowest BCUT2D eigenvalue weighted by Crippen LogP contribution is -2.44. The van der Waals surface area contributed by atoms with Crippen molar-refractivity contribution in [2.75, 3.05) is 46.8 Å². The van der Waals surface area contributed by atoms with Gasteiger partial charge >= 0.3 is 6.18 Å². The van der Waals surface area contributed by atoms with Crippen LogP contribution in [0.25, 0.3) is 5.57 Å². The molecule has 0 fully saturated rings. The number of nitrogens with zero attached hydrogens (tertiary/aromatic N) is 3. The molecule has 0 saturated heterocycles. The number of guanidine groups is 1. The summed E-state index contributed by atoms with van der Waals surface area (Å²) in [4.78, 5) is 7.74. The van der Waals surface area contributed by atoms with Crippen LogP contribution < -0.4 is 5.32 Å². The molecule has 1 N–H and O–H groups in total. The van der Waals surface area contributed by atoms with Crippen molar-refractivity contribution in [1.82, 2.24) is 15.1 Å². The van der Waals surface area contributed by atoms with Gasteiger partial charge in [0.15, 0.2) is 5.96 Å². The van der Waals surface area contributed by atoms with E-state index >= 15 is 0 Å². The average molecular weight is 368 g/mol. The normalized spacial score (nSPS) is 16.0. The van der Waals surface area contributed by atoms with Gasteiger partial charge in [-0.1, -0.05) is 36.4 Å². The van der Waals surface area contributed by atoms with Crippen LogP contribution in [0, 0.1) is 0 Å². The minimum absolute atomic E-state index is 0.390. The zero-order valence-corrected chi connectivity index (χ0v) is 15.4. The first-order chi connectivity index (χ1) is 12.4. The molecule has 0 radical (unpaired) electrons.